The monoisotopic (exact) mass is 576 g/mol. The van der Waals surface area contributed by atoms with Gasteiger partial charge in [-0.05, 0) is 59.9 Å². The number of pyridine rings is 1. The Morgan fingerprint density at radius 1 is 1.20 bits per heavy atom. The first-order chi connectivity index (χ1) is 19.6. The van der Waals surface area contributed by atoms with Crippen molar-refractivity contribution in [3.8, 4) is 11.3 Å². The minimum atomic E-state index is -1.01. The highest BCUT2D eigenvalue weighted by molar-refractivity contribution is 6.40. The van der Waals surface area contributed by atoms with Gasteiger partial charge in [0.1, 0.15) is 17.3 Å². The molecule has 5 heterocycles. The Balaban J connectivity index is 1.39. The molecule has 12 heteroatoms. The van der Waals surface area contributed by atoms with Crippen molar-refractivity contribution in [2.45, 2.75) is 38.1 Å². The number of nitrogens with one attached hydrogen (secondary N) is 2. The number of ketones is 1. The molecule has 2 N–H and O–H groups in total. The van der Waals surface area contributed by atoms with Gasteiger partial charge in [-0.1, -0.05) is 11.6 Å². The first-order valence-electron chi connectivity index (χ1n) is 13.2. The zero-order valence-corrected chi connectivity index (χ0v) is 22.6. The summed E-state index contributed by atoms with van der Waals surface area (Å²) in [6.07, 6.45) is 8.37. The molecule has 2 unspecified atom stereocenters. The lowest BCUT2D eigenvalue weighted by molar-refractivity contribution is -0.129. The van der Waals surface area contributed by atoms with E-state index in [-0.39, 0.29) is 59.1 Å². The summed E-state index contributed by atoms with van der Waals surface area (Å²) in [6.45, 7) is 1.71. The van der Waals surface area contributed by atoms with E-state index in [2.05, 4.69) is 25.3 Å². The second-order valence-electron chi connectivity index (χ2n) is 11.0. The summed E-state index contributed by atoms with van der Waals surface area (Å²) in [7, 11) is 0. The molecule has 2 amide bonds. The summed E-state index contributed by atoms with van der Waals surface area (Å²) in [5, 5.41) is 2.74. The van der Waals surface area contributed by atoms with Gasteiger partial charge in [-0.15, -0.1) is 0 Å². The van der Waals surface area contributed by atoms with E-state index in [1.54, 1.807) is 12.3 Å². The quantitative estimate of drug-likeness (QED) is 0.533. The second-order valence-corrected chi connectivity index (χ2v) is 11.4. The number of anilines is 1. The molecule has 2 atom stereocenters. The Kier molecular flexibility index (Phi) is 5.73. The number of rotatable bonds is 3. The van der Waals surface area contributed by atoms with Gasteiger partial charge in [-0.2, -0.15) is 8.78 Å². The van der Waals surface area contributed by atoms with E-state index in [0.717, 1.165) is 24.0 Å². The molecule has 0 aromatic carbocycles. The van der Waals surface area contributed by atoms with Crippen LogP contribution in [0.25, 0.3) is 11.3 Å². The highest BCUT2D eigenvalue weighted by Gasteiger charge is 2.62. The molecule has 2 aromatic heterocycles. The number of carbonyl (C=O) groups is 3. The second kappa shape index (κ2) is 9.13. The van der Waals surface area contributed by atoms with Crippen LogP contribution in [0.5, 0.6) is 0 Å². The lowest BCUT2D eigenvalue weighted by Crippen LogP contribution is -2.46. The number of aromatic amines is 1. The van der Waals surface area contributed by atoms with Crippen LogP contribution in [0.3, 0.4) is 0 Å². The van der Waals surface area contributed by atoms with Gasteiger partial charge < -0.3 is 15.2 Å². The molecule has 1 saturated carbocycles. The lowest BCUT2D eigenvalue weighted by Gasteiger charge is -2.42. The molecular weight excluding hydrogens is 554 g/mol. The Hall–Kier alpha value is -4.25. The third-order valence-electron chi connectivity index (χ3n) is 8.43. The van der Waals surface area contributed by atoms with Crippen molar-refractivity contribution in [2.75, 3.05) is 18.4 Å². The van der Waals surface area contributed by atoms with Crippen molar-refractivity contribution < 1.29 is 23.2 Å². The topological polar surface area (TPSA) is 120 Å². The number of aliphatic imine (C=N–C) groups is 1. The van der Waals surface area contributed by atoms with Gasteiger partial charge in [-0.3, -0.25) is 19.4 Å². The highest BCUT2D eigenvalue weighted by atomic mass is 35.5. The summed E-state index contributed by atoms with van der Waals surface area (Å²) in [6, 6.07) is 2.45. The number of nitrogens with zero attached hydrogens (tertiary/aromatic N) is 4. The average Bonchev–Trinajstić information content (AvgIpc) is 3.49. The number of imidazole rings is 1. The maximum atomic E-state index is 15.4. The predicted molar refractivity (Wildman–Crippen MR) is 146 cm³/mol. The first-order valence-corrected chi connectivity index (χ1v) is 13.6. The van der Waals surface area contributed by atoms with Crippen LogP contribution in [0.4, 0.5) is 14.6 Å². The highest BCUT2D eigenvalue weighted by Crippen LogP contribution is 2.62. The number of hydrogen-bond acceptors (Lipinski definition) is 6. The molecule has 208 valence electrons. The van der Waals surface area contributed by atoms with Gasteiger partial charge in [0.2, 0.25) is 23.7 Å². The summed E-state index contributed by atoms with van der Waals surface area (Å²) in [5.74, 6) is -3.05. The van der Waals surface area contributed by atoms with E-state index in [1.165, 1.54) is 31.2 Å². The van der Waals surface area contributed by atoms with Gasteiger partial charge >= 0.3 is 0 Å². The third-order valence-corrected chi connectivity index (χ3v) is 8.73. The molecular formula is C29H23ClF2N6O3. The number of amides is 2. The van der Waals surface area contributed by atoms with Crippen molar-refractivity contribution in [3.63, 3.8) is 0 Å². The maximum Gasteiger partial charge on any atom is 0.224 e. The van der Waals surface area contributed by atoms with Crippen molar-refractivity contribution in [3.05, 3.63) is 75.4 Å². The number of aromatic nitrogens is 3. The molecule has 9 nitrogen and oxygen atoms in total. The van der Waals surface area contributed by atoms with E-state index < -0.39 is 23.7 Å². The Morgan fingerprint density at radius 2 is 2.00 bits per heavy atom. The number of carbonyl (C=O) groups excluding carboxylic acids is 3. The van der Waals surface area contributed by atoms with Crippen LogP contribution in [0.15, 0.2) is 62.7 Å². The number of fused-ring (bicyclic) bond motifs is 5. The smallest absolute Gasteiger partial charge is 0.224 e. The normalized spacial score (nSPS) is 24.2. The summed E-state index contributed by atoms with van der Waals surface area (Å²) in [4.78, 5) is 54.5. The average molecular weight is 577 g/mol. The van der Waals surface area contributed by atoms with E-state index in [4.69, 9.17) is 11.6 Å². The number of halogens is 3. The van der Waals surface area contributed by atoms with Gasteiger partial charge in [0.25, 0.3) is 0 Å². The summed E-state index contributed by atoms with van der Waals surface area (Å²) in [5.41, 5.74) is 2.14. The van der Waals surface area contributed by atoms with Crippen LogP contribution in [0.2, 0.25) is 0 Å². The fourth-order valence-electron chi connectivity index (χ4n) is 6.59. The molecule has 7 rings (SSSR count). The van der Waals surface area contributed by atoms with Crippen LogP contribution >= 0.6 is 11.6 Å². The van der Waals surface area contributed by atoms with E-state index in [9.17, 15) is 18.8 Å². The van der Waals surface area contributed by atoms with Crippen molar-refractivity contribution in [1.82, 2.24) is 19.9 Å². The van der Waals surface area contributed by atoms with E-state index in [0.29, 0.717) is 22.6 Å². The molecule has 2 aliphatic carbocycles. The molecule has 2 aromatic rings. The summed E-state index contributed by atoms with van der Waals surface area (Å²) >= 11 is 6.60. The van der Waals surface area contributed by atoms with Crippen LogP contribution in [-0.2, 0) is 14.4 Å². The molecule has 5 aliphatic rings. The standard InChI is InChI=1S/C29H23ClF2N6O3/c1-13(39)34-21-5-4-16(26(31)35-21)24-27(32)37-28(36-24)19-12-38-22(41)9-29(6-7-29)25(38)18-10-33-11-20(30)15-3-2-14(40)8-17(15)23(18)19/h2-5,8,11,19,25H,6-7,9-10,12H2,1H3,(H,36,37)(H,34,35,39). The zero-order valence-electron chi connectivity index (χ0n) is 21.8. The van der Waals surface area contributed by atoms with E-state index in [1.807, 2.05) is 4.90 Å². The molecule has 0 radical (unpaired) electrons. The molecule has 1 spiro atoms. The summed E-state index contributed by atoms with van der Waals surface area (Å²) < 4.78 is 30.4. The Morgan fingerprint density at radius 3 is 2.73 bits per heavy atom. The molecule has 41 heavy (non-hydrogen) atoms. The minimum absolute atomic E-state index is 0.00791. The van der Waals surface area contributed by atoms with Crippen molar-refractivity contribution >= 4 is 41.2 Å². The van der Waals surface area contributed by atoms with Gasteiger partial charge in [0.15, 0.2) is 5.78 Å². The van der Waals surface area contributed by atoms with Gasteiger partial charge in [-0.25, -0.2) is 9.97 Å². The first kappa shape index (κ1) is 25.7. The minimum Gasteiger partial charge on any atom is -0.334 e. The van der Waals surface area contributed by atoms with Crippen LogP contribution in [0, 0.1) is 17.3 Å². The fraction of sp³-hybridized carbons (Fsp3) is 0.310. The van der Waals surface area contributed by atoms with Gasteiger partial charge in [0, 0.05) is 37.1 Å². The number of H-pyrrole nitrogens is 1. The molecule has 0 bridgehead atoms. The predicted octanol–water partition coefficient (Wildman–Crippen LogP) is 4.13. The van der Waals surface area contributed by atoms with Crippen LogP contribution < -0.4 is 5.32 Å². The fourth-order valence-corrected chi connectivity index (χ4v) is 6.82. The molecule has 1 saturated heterocycles. The number of hydrogen-bond donors (Lipinski definition) is 2. The zero-order chi connectivity index (χ0) is 28.6. The molecule has 3 aliphatic heterocycles. The third kappa shape index (κ3) is 4.09. The Bertz CT molecular complexity index is 1730. The van der Waals surface area contributed by atoms with Gasteiger partial charge in [0.05, 0.1) is 29.1 Å². The SMILES string of the molecule is CC(=O)Nc1ccc(-c2nc(C3CN4C(=O)CC5(CC5)C4C4=C3C3=CC(=O)C=CC3=C(Cl)C=NC4)[nH]c2F)c(F)n1. The largest absolute Gasteiger partial charge is 0.334 e. The number of allylic oxidation sites excluding steroid dienone is 6. The van der Waals surface area contributed by atoms with Crippen molar-refractivity contribution in [1.29, 1.82) is 0 Å². The maximum absolute atomic E-state index is 15.4. The van der Waals surface area contributed by atoms with Crippen LogP contribution in [-0.4, -0.2) is 62.8 Å². The van der Waals surface area contributed by atoms with E-state index >= 15 is 4.39 Å². The van der Waals surface area contributed by atoms with Crippen molar-refractivity contribution in [2.24, 2.45) is 10.4 Å². The van der Waals surface area contributed by atoms with Crippen LogP contribution in [0.1, 0.15) is 37.9 Å². The lowest BCUT2D eigenvalue weighted by atomic mass is 9.74. The molecule has 2 fully saturated rings. The Labute approximate surface area is 237 Å².